The van der Waals surface area contributed by atoms with Gasteiger partial charge < -0.3 is 5.11 Å². The van der Waals surface area contributed by atoms with Crippen LogP contribution in [-0.4, -0.2) is 31.3 Å². The number of aliphatic carboxylic acids is 1. The third kappa shape index (κ3) is 4.06. The standard InChI is InChI=1S/C8H15NO4S/c10-8(11)5-6-14(12,13)9-7-3-1-2-4-7/h7,9H,1-6H2,(H,10,11). The van der Waals surface area contributed by atoms with E-state index in [0.29, 0.717) is 0 Å². The molecule has 14 heavy (non-hydrogen) atoms. The predicted octanol–water partition coefficient (Wildman–Crippen LogP) is 0.323. The maximum atomic E-state index is 11.3. The number of carboxylic acid groups (broad SMARTS) is 1. The normalized spacial score (nSPS) is 18.6. The third-order valence-electron chi connectivity index (χ3n) is 2.29. The maximum absolute atomic E-state index is 11.3. The zero-order valence-electron chi connectivity index (χ0n) is 7.90. The fourth-order valence-corrected chi connectivity index (χ4v) is 2.88. The second-order valence-corrected chi connectivity index (χ2v) is 5.44. The van der Waals surface area contributed by atoms with Gasteiger partial charge in [0, 0.05) is 6.04 Å². The largest absolute Gasteiger partial charge is 0.481 e. The molecule has 1 rings (SSSR count). The molecule has 0 amide bonds. The van der Waals surface area contributed by atoms with Crippen LogP contribution in [-0.2, 0) is 14.8 Å². The van der Waals surface area contributed by atoms with Crippen LogP contribution < -0.4 is 4.72 Å². The highest BCUT2D eigenvalue weighted by atomic mass is 32.2. The molecule has 1 saturated carbocycles. The van der Waals surface area contributed by atoms with Gasteiger partial charge in [0.05, 0.1) is 12.2 Å². The number of sulfonamides is 1. The van der Waals surface area contributed by atoms with E-state index in [1.54, 1.807) is 0 Å². The van der Waals surface area contributed by atoms with Gasteiger partial charge in [0.2, 0.25) is 10.0 Å². The Morgan fingerprint density at radius 2 is 1.93 bits per heavy atom. The summed E-state index contributed by atoms with van der Waals surface area (Å²) in [6, 6.07) is 0.0220. The molecule has 6 heteroatoms. The minimum atomic E-state index is -3.39. The predicted molar refractivity (Wildman–Crippen MR) is 51.4 cm³/mol. The smallest absolute Gasteiger partial charge is 0.304 e. The molecule has 1 fully saturated rings. The minimum Gasteiger partial charge on any atom is -0.481 e. The first-order chi connectivity index (χ1) is 6.49. The number of carboxylic acids is 1. The number of carbonyl (C=O) groups is 1. The van der Waals surface area contributed by atoms with Crippen LogP contribution in [0.3, 0.4) is 0 Å². The second-order valence-electron chi connectivity index (χ2n) is 3.56. The summed E-state index contributed by atoms with van der Waals surface area (Å²) in [7, 11) is -3.39. The Labute approximate surface area is 83.6 Å². The van der Waals surface area contributed by atoms with Crippen molar-refractivity contribution in [2.24, 2.45) is 0 Å². The van der Waals surface area contributed by atoms with Crippen LogP contribution in [0.5, 0.6) is 0 Å². The summed E-state index contributed by atoms with van der Waals surface area (Å²) < 4.78 is 25.2. The van der Waals surface area contributed by atoms with Crippen LogP contribution in [0, 0.1) is 0 Å². The number of hydrogen-bond donors (Lipinski definition) is 2. The molecule has 2 N–H and O–H groups in total. The first kappa shape index (κ1) is 11.5. The molecular weight excluding hydrogens is 206 g/mol. The van der Waals surface area contributed by atoms with Gasteiger partial charge >= 0.3 is 5.97 Å². The zero-order chi connectivity index (χ0) is 10.6. The lowest BCUT2D eigenvalue weighted by Gasteiger charge is -2.11. The molecule has 0 aromatic carbocycles. The molecule has 0 atom stereocenters. The lowest BCUT2D eigenvalue weighted by molar-refractivity contribution is -0.136. The molecule has 0 unspecified atom stereocenters. The molecule has 1 aliphatic rings. The summed E-state index contributed by atoms with van der Waals surface area (Å²) in [6.45, 7) is 0. The fourth-order valence-electron chi connectivity index (χ4n) is 1.58. The number of rotatable bonds is 5. The first-order valence-corrected chi connectivity index (χ1v) is 6.36. The van der Waals surface area contributed by atoms with Gasteiger partial charge in [0.15, 0.2) is 0 Å². The summed E-state index contributed by atoms with van der Waals surface area (Å²) >= 11 is 0. The average molecular weight is 221 g/mol. The van der Waals surface area contributed by atoms with Gasteiger partial charge in [-0.3, -0.25) is 4.79 Å². The van der Waals surface area contributed by atoms with E-state index in [-0.39, 0.29) is 18.2 Å². The van der Waals surface area contributed by atoms with Gasteiger partial charge in [0.1, 0.15) is 0 Å². The van der Waals surface area contributed by atoms with Crippen molar-refractivity contribution in [2.75, 3.05) is 5.75 Å². The van der Waals surface area contributed by atoms with Gasteiger partial charge in [-0.05, 0) is 12.8 Å². The van der Waals surface area contributed by atoms with Crippen molar-refractivity contribution in [1.82, 2.24) is 4.72 Å². The van der Waals surface area contributed by atoms with E-state index in [4.69, 9.17) is 5.11 Å². The summed E-state index contributed by atoms with van der Waals surface area (Å²) in [5, 5.41) is 8.35. The lowest BCUT2D eigenvalue weighted by atomic mass is 10.3. The molecule has 0 radical (unpaired) electrons. The van der Waals surface area contributed by atoms with Crippen LogP contribution in [0.4, 0.5) is 0 Å². The van der Waals surface area contributed by atoms with Gasteiger partial charge in [-0.2, -0.15) is 0 Å². The first-order valence-electron chi connectivity index (χ1n) is 4.71. The number of nitrogens with one attached hydrogen (secondary N) is 1. The molecule has 82 valence electrons. The highest BCUT2D eigenvalue weighted by Crippen LogP contribution is 2.18. The van der Waals surface area contributed by atoms with Crippen molar-refractivity contribution in [2.45, 2.75) is 38.1 Å². The number of hydrogen-bond acceptors (Lipinski definition) is 3. The Morgan fingerprint density at radius 1 is 1.36 bits per heavy atom. The fraction of sp³-hybridized carbons (Fsp3) is 0.875. The van der Waals surface area contributed by atoms with Crippen LogP contribution in [0.15, 0.2) is 0 Å². The Morgan fingerprint density at radius 3 is 2.43 bits per heavy atom. The van der Waals surface area contributed by atoms with Gasteiger partial charge in [-0.15, -0.1) is 0 Å². The van der Waals surface area contributed by atoms with Crippen LogP contribution in [0.25, 0.3) is 0 Å². The van der Waals surface area contributed by atoms with Crippen LogP contribution >= 0.6 is 0 Å². The van der Waals surface area contributed by atoms with Crippen LogP contribution in [0.1, 0.15) is 32.1 Å². The topological polar surface area (TPSA) is 83.5 Å². The Balaban J connectivity index is 2.36. The van der Waals surface area contributed by atoms with E-state index in [2.05, 4.69) is 4.72 Å². The van der Waals surface area contributed by atoms with Crippen LogP contribution in [0.2, 0.25) is 0 Å². The van der Waals surface area contributed by atoms with E-state index in [9.17, 15) is 13.2 Å². The van der Waals surface area contributed by atoms with E-state index < -0.39 is 16.0 Å². The summed E-state index contributed by atoms with van der Waals surface area (Å²) in [5.41, 5.74) is 0. The molecule has 0 spiro atoms. The lowest BCUT2D eigenvalue weighted by Crippen LogP contribution is -2.34. The van der Waals surface area contributed by atoms with Crippen molar-refractivity contribution in [3.63, 3.8) is 0 Å². The molecule has 0 heterocycles. The van der Waals surface area contributed by atoms with E-state index >= 15 is 0 Å². The molecule has 0 aliphatic heterocycles. The molecule has 1 aliphatic carbocycles. The summed E-state index contributed by atoms with van der Waals surface area (Å²) in [4.78, 5) is 10.2. The van der Waals surface area contributed by atoms with Crippen molar-refractivity contribution in [3.8, 4) is 0 Å². The Bertz CT molecular complexity index is 292. The average Bonchev–Trinajstić information content (AvgIpc) is 2.53. The van der Waals surface area contributed by atoms with Gasteiger partial charge in [-0.25, -0.2) is 13.1 Å². The quantitative estimate of drug-likeness (QED) is 0.700. The second kappa shape index (κ2) is 4.75. The Hall–Kier alpha value is -0.620. The zero-order valence-corrected chi connectivity index (χ0v) is 8.72. The van der Waals surface area contributed by atoms with Crippen molar-refractivity contribution in [1.29, 1.82) is 0 Å². The van der Waals surface area contributed by atoms with Crippen molar-refractivity contribution >= 4 is 16.0 Å². The molecule has 0 aromatic rings. The molecule has 0 saturated heterocycles. The maximum Gasteiger partial charge on any atom is 0.304 e. The van der Waals surface area contributed by atoms with Gasteiger partial charge in [-0.1, -0.05) is 12.8 Å². The highest BCUT2D eigenvalue weighted by molar-refractivity contribution is 7.89. The SMILES string of the molecule is O=C(O)CCS(=O)(=O)NC1CCCC1. The molecule has 5 nitrogen and oxygen atoms in total. The van der Waals surface area contributed by atoms with E-state index in [0.717, 1.165) is 25.7 Å². The van der Waals surface area contributed by atoms with E-state index in [1.807, 2.05) is 0 Å². The highest BCUT2D eigenvalue weighted by Gasteiger charge is 2.21. The van der Waals surface area contributed by atoms with Crippen molar-refractivity contribution in [3.05, 3.63) is 0 Å². The summed E-state index contributed by atoms with van der Waals surface area (Å²) in [5.74, 6) is -1.40. The Kier molecular flexibility index (Phi) is 3.88. The molecular formula is C8H15NO4S. The summed E-state index contributed by atoms with van der Waals surface area (Å²) in [6.07, 6.45) is 3.50. The molecule has 0 bridgehead atoms. The minimum absolute atomic E-state index is 0.0220. The molecule has 0 aromatic heterocycles. The van der Waals surface area contributed by atoms with Crippen molar-refractivity contribution < 1.29 is 18.3 Å². The monoisotopic (exact) mass is 221 g/mol. The van der Waals surface area contributed by atoms with E-state index in [1.165, 1.54) is 0 Å². The van der Waals surface area contributed by atoms with Gasteiger partial charge in [0.25, 0.3) is 0 Å². The third-order valence-corrected chi connectivity index (χ3v) is 3.72.